The fourth-order valence-electron chi connectivity index (χ4n) is 5.43. The molecule has 0 spiro atoms. The van der Waals surface area contributed by atoms with E-state index >= 15 is 0 Å². The quantitative estimate of drug-likeness (QED) is 0.474. The number of piperidine rings is 2. The van der Waals surface area contributed by atoms with Crippen LogP contribution < -0.4 is 11.1 Å². The van der Waals surface area contributed by atoms with E-state index in [0.717, 1.165) is 18.4 Å². The predicted molar refractivity (Wildman–Crippen MR) is 138 cm³/mol. The Bertz CT molecular complexity index is 1360. The van der Waals surface area contributed by atoms with E-state index in [-0.39, 0.29) is 36.1 Å². The molecule has 5 rings (SSSR count). The third-order valence-electron chi connectivity index (χ3n) is 7.80. The number of nitrogens with zero attached hydrogens (tertiary/aromatic N) is 2. The first-order valence-corrected chi connectivity index (χ1v) is 13.0. The van der Waals surface area contributed by atoms with Gasteiger partial charge in [0.1, 0.15) is 6.04 Å². The van der Waals surface area contributed by atoms with Gasteiger partial charge < -0.3 is 20.6 Å². The zero-order valence-corrected chi connectivity index (χ0v) is 21.9. The number of carbonyl (C=O) groups is 5. The molecule has 2 fully saturated rings. The molecule has 1 atom stereocenters. The topological polar surface area (TPSA) is 150 Å². The fraction of sp³-hybridized carbons (Fsp3) is 0.393. The minimum atomic E-state index is -5.08. The smallest absolute Gasteiger partial charge is 0.475 e. The van der Waals surface area contributed by atoms with Crippen molar-refractivity contribution in [1.29, 1.82) is 0 Å². The van der Waals surface area contributed by atoms with Crippen LogP contribution in [-0.2, 0) is 26.3 Å². The lowest BCUT2D eigenvalue weighted by Crippen LogP contribution is -2.52. The van der Waals surface area contributed by atoms with Crippen molar-refractivity contribution >= 4 is 29.6 Å². The third kappa shape index (κ3) is 6.24. The highest BCUT2D eigenvalue weighted by atomic mass is 19.4. The lowest BCUT2D eigenvalue weighted by Gasteiger charge is -2.41. The van der Waals surface area contributed by atoms with Crippen LogP contribution in [0.4, 0.5) is 13.2 Å². The first kappa shape index (κ1) is 29.7. The Hall–Kier alpha value is -4.26. The van der Waals surface area contributed by atoms with Crippen LogP contribution in [0.3, 0.4) is 0 Å². The van der Waals surface area contributed by atoms with E-state index < -0.39 is 24.1 Å². The number of imide groups is 1. The Morgan fingerprint density at radius 2 is 1.68 bits per heavy atom. The molecule has 41 heavy (non-hydrogen) atoms. The average Bonchev–Trinajstić information content (AvgIpc) is 3.28. The molecule has 0 bridgehead atoms. The van der Waals surface area contributed by atoms with Crippen LogP contribution in [0.5, 0.6) is 0 Å². The molecule has 10 nitrogen and oxygen atoms in total. The summed E-state index contributed by atoms with van der Waals surface area (Å²) < 4.78 is 31.7. The first-order chi connectivity index (χ1) is 19.4. The van der Waals surface area contributed by atoms with Crippen LogP contribution in [0.25, 0.3) is 0 Å². The maximum Gasteiger partial charge on any atom is 0.490 e. The summed E-state index contributed by atoms with van der Waals surface area (Å²) in [5.41, 5.74) is 9.06. The second-order valence-corrected chi connectivity index (χ2v) is 10.2. The van der Waals surface area contributed by atoms with Crippen molar-refractivity contribution in [3.8, 4) is 0 Å². The van der Waals surface area contributed by atoms with E-state index in [2.05, 4.69) is 17.4 Å². The highest BCUT2D eigenvalue weighted by molar-refractivity contribution is 6.06. The summed E-state index contributed by atoms with van der Waals surface area (Å²) in [5.74, 6) is -3.81. The number of likely N-dealkylation sites (tertiary alicyclic amines) is 1. The molecule has 3 aliphatic heterocycles. The molecule has 4 N–H and O–H groups in total. The van der Waals surface area contributed by atoms with E-state index in [1.807, 2.05) is 23.1 Å². The van der Waals surface area contributed by atoms with Crippen molar-refractivity contribution in [2.45, 2.75) is 49.9 Å². The lowest BCUT2D eigenvalue weighted by molar-refractivity contribution is -0.192. The van der Waals surface area contributed by atoms with Gasteiger partial charge >= 0.3 is 12.1 Å². The number of carbonyl (C=O) groups excluding carboxylic acids is 4. The molecule has 2 aromatic carbocycles. The first-order valence-electron chi connectivity index (χ1n) is 13.0. The van der Waals surface area contributed by atoms with Gasteiger partial charge in [0, 0.05) is 49.1 Å². The average molecular weight is 575 g/mol. The molecular formula is C28H29F3N4O6. The summed E-state index contributed by atoms with van der Waals surface area (Å²) in [6.45, 7) is 2.02. The largest absolute Gasteiger partial charge is 0.490 e. The van der Waals surface area contributed by atoms with E-state index in [1.54, 1.807) is 18.2 Å². The molecule has 2 aromatic rings. The van der Waals surface area contributed by atoms with Crippen molar-refractivity contribution in [3.63, 3.8) is 0 Å². The number of nitrogens with two attached hydrogens (primary N) is 1. The number of benzene rings is 2. The molecule has 0 saturated carbocycles. The number of fused-ring (bicyclic) bond motifs is 1. The molecule has 3 heterocycles. The van der Waals surface area contributed by atoms with Gasteiger partial charge in [-0.1, -0.05) is 30.3 Å². The van der Waals surface area contributed by atoms with Crippen molar-refractivity contribution < 1.29 is 42.3 Å². The highest BCUT2D eigenvalue weighted by Gasteiger charge is 2.40. The second kappa shape index (κ2) is 11.7. The number of amides is 4. The zero-order chi connectivity index (χ0) is 29.9. The maximum absolute atomic E-state index is 13.3. The van der Waals surface area contributed by atoms with Crippen LogP contribution >= 0.6 is 0 Å². The van der Waals surface area contributed by atoms with Crippen molar-refractivity contribution in [2.75, 3.05) is 19.6 Å². The van der Waals surface area contributed by atoms with Crippen LogP contribution in [0.2, 0.25) is 0 Å². The molecule has 0 aliphatic carbocycles. The minimum absolute atomic E-state index is 0.0617. The number of carboxylic acid groups (broad SMARTS) is 1. The number of carboxylic acids is 1. The molecule has 0 aromatic heterocycles. The predicted octanol–water partition coefficient (Wildman–Crippen LogP) is 2.21. The summed E-state index contributed by atoms with van der Waals surface area (Å²) in [6.07, 6.45) is -2.96. The molecule has 1 unspecified atom stereocenters. The minimum Gasteiger partial charge on any atom is -0.475 e. The highest BCUT2D eigenvalue weighted by Crippen LogP contribution is 2.35. The number of hydrogen-bond acceptors (Lipinski definition) is 6. The molecule has 13 heteroatoms. The van der Waals surface area contributed by atoms with Crippen LogP contribution in [-0.4, -0.2) is 76.4 Å². The third-order valence-corrected chi connectivity index (χ3v) is 7.80. The Labute approximate surface area is 233 Å². The normalized spacial score (nSPS) is 20.1. The molecule has 2 saturated heterocycles. The molecular weight excluding hydrogens is 545 g/mol. The van der Waals surface area contributed by atoms with Crippen LogP contribution in [0, 0.1) is 0 Å². The number of alkyl halides is 3. The van der Waals surface area contributed by atoms with Gasteiger partial charge in [0.05, 0.1) is 0 Å². The van der Waals surface area contributed by atoms with Gasteiger partial charge in [-0.3, -0.25) is 24.5 Å². The zero-order valence-electron chi connectivity index (χ0n) is 21.9. The number of hydrogen-bond donors (Lipinski definition) is 3. The Balaban J connectivity index is 0.000000493. The molecule has 4 amide bonds. The number of aliphatic carboxylic acids is 1. The van der Waals surface area contributed by atoms with Gasteiger partial charge in [0.15, 0.2) is 0 Å². The summed E-state index contributed by atoms with van der Waals surface area (Å²) >= 11 is 0. The number of rotatable bonds is 4. The lowest BCUT2D eigenvalue weighted by atomic mass is 9.73. The Morgan fingerprint density at radius 3 is 2.24 bits per heavy atom. The van der Waals surface area contributed by atoms with E-state index in [9.17, 15) is 32.3 Å². The Kier molecular flexibility index (Phi) is 8.47. The van der Waals surface area contributed by atoms with Gasteiger partial charge in [-0.25, -0.2) is 4.79 Å². The molecule has 3 aliphatic rings. The van der Waals surface area contributed by atoms with E-state index in [4.69, 9.17) is 15.6 Å². The fourth-order valence-corrected chi connectivity index (χ4v) is 5.43. The standard InChI is InChI=1S/C26H28N4O4.C2HF3O2/c27-16-26(19-4-2-1-3-5-19)10-12-29(13-11-26)24(33)17-6-7-20-18(14-17)15-30(25(20)34)21-8-9-22(31)28-23(21)32;3-2(4,5)1(6)7/h1-7,14,21H,8-13,15-16,27H2,(H,28,31,32);(H,6,7). The SMILES string of the molecule is NCC1(c2ccccc2)CCN(C(=O)c2ccc3c(c2)CN(C2CCC(=O)NC2=O)C3=O)CC1.O=C(O)C(F)(F)F. The van der Waals surface area contributed by atoms with Gasteiger partial charge in [-0.05, 0) is 48.6 Å². The molecule has 0 radical (unpaired) electrons. The maximum atomic E-state index is 13.3. The van der Waals surface area contributed by atoms with Crippen molar-refractivity contribution in [3.05, 3.63) is 70.8 Å². The summed E-state index contributed by atoms with van der Waals surface area (Å²) in [7, 11) is 0. The summed E-state index contributed by atoms with van der Waals surface area (Å²) in [6, 6.07) is 14.7. The van der Waals surface area contributed by atoms with E-state index in [1.165, 1.54) is 10.5 Å². The van der Waals surface area contributed by atoms with Gasteiger partial charge in [-0.2, -0.15) is 13.2 Å². The second-order valence-electron chi connectivity index (χ2n) is 10.2. The number of nitrogens with one attached hydrogen (secondary N) is 1. The van der Waals surface area contributed by atoms with Crippen LogP contribution in [0.1, 0.15) is 57.5 Å². The number of halogens is 3. The summed E-state index contributed by atoms with van der Waals surface area (Å²) in [4.78, 5) is 62.1. The summed E-state index contributed by atoms with van der Waals surface area (Å²) in [5, 5.41) is 9.43. The van der Waals surface area contributed by atoms with Gasteiger partial charge in [0.25, 0.3) is 11.8 Å². The van der Waals surface area contributed by atoms with Gasteiger partial charge in [-0.15, -0.1) is 0 Å². The van der Waals surface area contributed by atoms with Crippen molar-refractivity contribution in [1.82, 2.24) is 15.1 Å². The Morgan fingerprint density at radius 1 is 1.05 bits per heavy atom. The molecule has 218 valence electrons. The van der Waals surface area contributed by atoms with E-state index in [0.29, 0.717) is 37.2 Å². The van der Waals surface area contributed by atoms with Crippen molar-refractivity contribution in [2.24, 2.45) is 5.73 Å². The van der Waals surface area contributed by atoms with Crippen LogP contribution in [0.15, 0.2) is 48.5 Å². The van der Waals surface area contributed by atoms with Gasteiger partial charge in [0.2, 0.25) is 11.8 Å². The monoisotopic (exact) mass is 574 g/mol.